The third-order valence-electron chi connectivity index (χ3n) is 6.20. The lowest BCUT2D eigenvalue weighted by Crippen LogP contribution is -2.39. The minimum Gasteiger partial charge on any atom is -0.360 e. The van der Waals surface area contributed by atoms with Crippen LogP contribution in [0.25, 0.3) is 0 Å². The molecule has 1 aliphatic heterocycles. The average molecular weight is 447 g/mol. The van der Waals surface area contributed by atoms with Crippen molar-refractivity contribution in [3.8, 4) is 0 Å². The van der Waals surface area contributed by atoms with Crippen LogP contribution in [0, 0.1) is 5.92 Å². The van der Waals surface area contributed by atoms with E-state index in [2.05, 4.69) is 31.1 Å². The minimum atomic E-state index is -0.279. The summed E-state index contributed by atoms with van der Waals surface area (Å²) < 4.78 is 5.36. The molecule has 3 heterocycles. The second-order valence-corrected chi connectivity index (χ2v) is 8.60. The molecule has 33 heavy (non-hydrogen) atoms. The summed E-state index contributed by atoms with van der Waals surface area (Å²) in [7, 11) is 0. The second kappa shape index (κ2) is 9.50. The Kier molecular flexibility index (Phi) is 6.12. The number of carbonyl (C=O) groups is 2. The molecule has 1 aromatic carbocycles. The van der Waals surface area contributed by atoms with Crippen molar-refractivity contribution in [2.24, 2.45) is 5.92 Å². The minimum absolute atomic E-state index is 0.239. The molecular weight excluding hydrogens is 420 g/mol. The highest BCUT2D eigenvalue weighted by atomic mass is 16.5. The summed E-state index contributed by atoms with van der Waals surface area (Å²) in [4.78, 5) is 33.9. The number of hydrogen-bond acceptors (Lipinski definition) is 7. The Morgan fingerprint density at radius 2 is 1.91 bits per heavy atom. The number of anilines is 1. The highest BCUT2D eigenvalue weighted by molar-refractivity contribution is 6.03. The van der Waals surface area contributed by atoms with E-state index in [4.69, 9.17) is 4.52 Å². The van der Waals surface area contributed by atoms with E-state index in [-0.39, 0.29) is 23.8 Å². The van der Waals surface area contributed by atoms with Crippen molar-refractivity contribution in [3.63, 3.8) is 0 Å². The van der Waals surface area contributed by atoms with E-state index in [1.165, 1.54) is 12.4 Å². The topological polar surface area (TPSA) is 122 Å². The molecule has 2 aromatic heterocycles. The molecule has 1 saturated heterocycles. The standard InChI is InChI=1S/C24H26N6O3/c31-23(28-21-14-26-10-11-27-21)18-3-1-2-17(12-18)22(16-6-8-25-9-7-16)29-24(32)19-13-20(33-30-19)15-4-5-15/h1-3,10-16,22,25H,4-9H2,(H,29,32)(H,27,28,31). The van der Waals surface area contributed by atoms with Crippen LogP contribution < -0.4 is 16.0 Å². The van der Waals surface area contributed by atoms with Gasteiger partial charge >= 0.3 is 0 Å². The summed E-state index contributed by atoms with van der Waals surface area (Å²) in [6.07, 6.45) is 8.57. The zero-order valence-corrected chi connectivity index (χ0v) is 18.2. The molecule has 3 aromatic rings. The molecule has 1 unspecified atom stereocenters. The van der Waals surface area contributed by atoms with Crippen molar-refractivity contribution in [1.82, 2.24) is 25.8 Å². The molecule has 1 atom stereocenters. The Morgan fingerprint density at radius 3 is 2.67 bits per heavy atom. The molecular formula is C24H26N6O3. The summed E-state index contributed by atoms with van der Waals surface area (Å²) >= 11 is 0. The molecule has 5 rings (SSSR count). The lowest BCUT2D eigenvalue weighted by molar-refractivity contribution is 0.0904. The molecule has 2 amide bonds. The molecule has 1 saturated carbocycles. The highest BCUT2D eigenvalue weighted by Crippen LogP contribution is 2.40. The SMILES string of the molecule is O=C(Nc1cnccn1)c1cccc(C(NC(=O)c2cc(C3CC3)on2)C2CCNCC2)c1. The summed E-state index contributed by atoms with van der Waals surface area (Å²) in [6, 6.07) is 8.86. The van der Waals surface area contributed by atoms with Crippen LogP contribution in [0.15, 0.2) is 53.4 Å². The molecule has 2 aliphatic rings. The predicted octanol–water partition coefficient (Wildman–Crippen LogP) is 3.07. The number of nitrogens with one attached hydrogen (secondary N) is 3. The zero-order valence-electron chi connectivity index (χ0n) is 18.2. The zero-order chi connectivity index (χ0) is 22.6. The fourth-order valence-corrected chi connectivity index (χ4v) is 4.25. The fourth-order valence-electron chi connectivity index (χ4n) is 4.25. The van der Waals surface area contributed by atoms with Gasteiger partial charge in [-0.15, -0.1) is 0 Å². The van der Waals surface area contributed by atoms with Crippen molar-refractivity contribution >= 4 is 17.6 Å². The number of carbonyl (C=O) groups excluding carboxylic acids is 2. The van der Waals surface area contributed by atoms with Crippen LogP contribution >= 0.6 is 0 Å². The normalized spacial score (nSPS) is 17.3. The van der Waals surface area contributed by atoms with E-state index in [1.54, 1.807) is 18.3 Å². The van der Waals surface area contributed by atoms with E-state index < -0.39 is 0 Å². The number of rotatable bonds is 7. The van der Waals surface area contributed by atoms with Crippen LogP contribution in [-0.4, -0.2) is 40.0 Å². The third-order valence-corrected chi connectivity index (χ3v) is 6.20. The molecule has 2 fully saturated rings. The number of amides is 2. The van der Waals surface area contributed by atoms with E-state index in [1.807, 2.05) is 18.2 Å². The molecule has 1 aliphatic carbocycles. The van der Waals surface area contributed by atoms with Gasteiger partial charge in [-0.2, -0.15) is 0 Å². The average Bonchev–Trinajstić information content (AvgIpc) is 3.59. The number of aromatic nitrogens is 3. The maximum Gasteiger partial charge on any atom is 0.273 e. The van der Waals surface area contributed by atoms with Crippen LogP contribution in [0.1, 0.15) is 69.8 Å². The fraction of sp³-hybridized carbons (Fsp3) is 0.375. The summed E-state index contributed by atoms with van der Waals surface area (Å²) in [6.45, 7) is 1.78. The van der Waals surface area contributed by atoms with Crippen LogP contribution in [-0.2, 0) is 0 Å². The quantitative estimate of drug-likeness (QED) is 0.510. The van der Waals surface area contributed by atoms with Crippen molar-refractivity contribution < 1.29 is 14.1 Å². The number of hydrogen-bond donors (Lipinski definition) is 3. The lowest BCUT2D eigenvalue weighted by atomic mass is 9.85. The second-order valence-electron chi connectivity index (χ2n) is 8.60. The Hall–Kier alpha value is -3.59. The Balaban J connectivity index is 1.37. The van der Waals surface area contributed by atoms with Gasteiger partial charge in [0, 0.05) is 29.9 Å². The van der Waals surface area contributed by atoms with Gasteiger partial charge in [0.25, 0.3) is 11.8 Å². The van der Waals surface area contributed by atoms with E-state index in [9.17, 15) is 9.59 Å². The lowest BCUT2D eigenvalue weighted by Gasteiger charge is -2.31. The summed E-state index contributed by atoms with van der Waals surface area (Å²) in [5, 5.41) is 13.3. The Morgan fingerprint density at radius 1 is 1.06 bits per heavy atom. The van der Waals surface area contributed by atoms with Crippen molar-refractivity contribution in [2.45, 2.75) is 37.6 Å². The first-order valence-electron chi connectivity index (χ1n) is 11.3. The summed E-state index contributed by atoms with van der Waals surface area (Å²) in [5.41, 5.74) is 1.67. The Labute approximate surface area is 191 Å². The van der Waals surface area contributed by atoms with Gasteiger partial charge in [-0.3, -0.25) is 14.6 Å². The first-order valence-corrected chi connectivity index (χ1v) is 11.3. The van der Waals surface area contributed by atoms with Gasteiger partial charge in [-0.25, -0.2) is 4.98 Å². The van der Waals surface area contributed by atoms with Gasteiger partial charge in [0.1, 0.15) is 5.76 Å². The molecule has 3 N–H and O–H groups in total. The highest BCUT2D eigenvalue weighted by Gasteiger charge is 2.31. The van der Waals surface area contributed by atoms with Gasteiger partial charge in [0.2, 0.25) is 0 Å². The van der Waals surface area contributed by atoms with Crippen LogP contribution in [0.2, 0.25) is 0 Å². The molecule has 0 bridgehead atoms. The largest absolute Gasteiger partial charge is 0.360 e. The summed E-state index contributed by atoms with van der Waals surface area (Å²) in [5.74, 6) is 1.25. The van der Waals surface area contributed by atoms with Crippen LogP contribution in [0.5, 0.6) is 0 Å². The van der Waals surface area contributed by atoms with Gasteiger partial charge in [0.15, 0.2) is 11.5 Å². The van der Waals surface area contributed by atoms with Crippen molar-refractivity contribution in [3.05, 3.63) is 71.5 Å². The monoisotopic (exact) mass is 446 g/mol. The third kappa shape index (κ3) is 5.09. The van der Waals surface area contributed by atoms with Gasteiger partial charge < -0.3 is 20.5 Å². The van der Waals surface area contributed by atoms with E-state index in [0.717, 1.165) is 50.1 Å². The molecule has 0 spiro atoms. The van der Waals surface area contributed by atoms with E-state index in [0.29, 0.717) is 23.0 Å². The maximum atomic E-state index is 13.0. The van der Waals surface area contributed by atoms with Crippen molar-refractivity contribution in [1.29, 1.82) is 0 Å². The molecule has 170 valence electrons. The number of piperidine rings is 1. The molecule has 9 nitrogen and oxygen atoms in total. The number of nitrogens with zero attached hydrogens (tertiary/aromatic N) is 3. The smallest absolute Gasteiger partial charge is 0.273 e. The Bertz CT molecular complexity index is 1120. The van der Waals surface area contributed by atoms with Crippen LogP contribution in [0.3, 0.4) is 0 Å². The predicted molar refractivity (Wildman–Crippen MR) is 121 cm³/mol. The molecule has 9 heteroatoms. The van der Waals surface area contributed by atoms with Crippen molar-refractivity contribution in [2.75, 3.05) is 18.4 Å². The number of benzene rings is 1. The van der Waals surface area contributed by atoms with Gasteiger partial charge in [-0.1, -0.05) is 17.3 Å². The first-order chi connectivity index (χ1) is 16.2. The van der Waals surface area contributed by atoms with Gasteiger partial charge in [0.05, 0.1) is 12.2 Å². The van der Waals surface area contributed by atoms with E-state index >= 15 is 0 Å². The maximum absolute atomic E-state index is 13.0. The van der Waals surface area contributed by atoms with Crippen LogP contribution in [0.4, 0.5) is 5.82 Å². The first kappa shape index (κ1) is 21.3. The molecule has 0 radical (unpaired) electrons. The van der Waals surface area contributed by atoms with Gasteiger partial charge in [-0.05, 0) is 62.4 Å².